The minimum Gasteiger partial charge on any atom is -0.342 e. The number of aromatic nitrogens is 1. The molecule has 7 heteroatoms. The van der Waals surface area contributed by atoms with Crippen molar-refractivity contribution in [1.82, 2.24) is 9.88 Å². The second kappa shape index (κ2) is 10.1. The molecule has 1 aromatic rings. The van der Waals surface area contributed by atoms with E-state index in [0.29, 0.717) is 30.2 Å². The monoisotopic (exact) mass is 407 g/mol. The van der Waals surface area contributed by atoms with Crippen molar-refractivity contribution in [2.24, 2.45) is 17.6 Å². The summed E-state index contributed by atoms with van der Waals surface area (Å²) < 4.78 is 0. The molecule has 1 aliphatic carbocycles. The number of hydrogen-bond donors (Lipinski definition) is 1. The van der Waals surface area contributed by atoms with Gasteiger partial charge in [-0.1, -0.05) is 20.3 Å². The maximum atomic E-state index is 12.9. The topological polar surface area (TPSA) is 59.2 Å². The minimum absolute atomic E-state index is 0. The summed E-state index contributed by atoms with van der Waals surface area (Å²) in [5.41, 5.74) is 7.05. The standard InChI is InChI=1S/C18H29N3OS.2ClH/c1-12(2)16-11-23-17(20-16)14-6-4-8-21(10-14)18(22)15-7-3-5-13(15)9-19;;/h11-15H,3-10,19H2,1-2H3;2*1H/t13-,14?,15-;;/m1../s1. The lowest BCUT2D eigenvalue weighted by Gasteiger charge is -2.34. The molecule has 2 heterocycles. The summed E-state index contributed by atoms with van der Waals surface area (Å²) in [5.74, 6) is 1.81. The lowest BCUT2D eigenvalue weighted by Crippen LogP contribution is -2.44. The molecule has 4 nitrogen and oxygen atoms in total. The van der Waals surface area contributed by atoms with Gasteiger partial charge in [-0.05, 0) is 44.1 Å². The van der Waals surface area contributed by atoms with Crippen LogP contribution < -0.4 is 5.73 Å². The normalized spacial score (nSPS) is 26.2. The Morgan fingerprint density at radius 3 is 2.72 bits per heavy atom. The van der Waals surface area contributed by atoms with Crippen LogP contribution in [-0.2, 0) is 4.79 Å². The molecule has 3 atom stereocenters. The van der Waals surface area contributed by atoms with Crippen molar-refractivity contribution in [3.63, 3.8) is 0 Å². The predicted octanol–water partition coefficient (Wildman–Crippen LogP) is 4.19. The van der Waals surface area contributed by atoms with E-state index >= 15 is 0 Å². The van der Waals surface area contributed by atoms with E-state index < -0.39 is 0 Å². The second-order valence-corrected chi connectivity index (χ2v) is 8.31. The third kappa shape index (κ3) is 5.09. The number of rotatable bonds is 4. The number of halogens is 2. The molecule has 1 unspecified atom stereocenters. The zero-order valence-corrected chi connectivity index (χ0v) is 17.6. The van der Waals surface area contributed by atoms with Crippen LogP contribution in [0.1, 0.15) is 68.5 Å². The van der Waals surface area contributed by atoms with Crippen molar-refractivity contribution in [2.75, 3.05) is 19.6 Å². The summed E-state index contributed by atoms with van der Waals surface area (Å²) in [4.78, 5) is 19.8. The molecule has 2 aliphatic rings. The lowest BCUT2D eigenvalue weighted by molar-refractivity contribution is -0.137. The lowest BCUT2D eigenvalue weighted by atomic mass is 9.92. The van der Waals surface area contributed by atoms with Gasteiger partial charge in [0.2, 0.25) is 5.91 Å². The summed E-state index contributed by atoms with van der Waals surface area (Å²) in [6.07, 6.45) is 5.54. The molecule has 2 fully saturated rings. The van der Waals surface area contributed by atoms with Gasteiger partial charge in [0.15, 0.2) is 0 Å². The van der Waals surface area contributed by atoms with Gasteiger partial charge in [-0.25, -0.2) is 4.98 Å². The first kappa shape index (κ1) is 22.7. The van der Waals surface area contributed by atoms with Gasteiger partial charge in [0.25, 0.3) is 0 Å². The second-order valence-electron chi connectivity index (χ2n) is 7.42. The third-order valence-electron chi connectivity index (χ3n) is 5.49. The summed E-state index contributed by atoms with van der Waals surface area (Å²) in [5, 5.41) is 3.40. The largest absolute Gasteiger partial charge is 0.342 e. The van der Waals surface area contributed by atoms with Crippen LogP contribution in [0.3, 0.4) is 0 Å². The Morgan fingerprint density at radius 1 is 1.32 bits per heavy atom. The Labute approximate surface area is 167 Å². The number of piperidine rings is 1. The van der Waals surface area contributed by atoms with Crippen LogP contribution in [0.4, 0.5) is 0 Å². The highest BCUT2D eigenvalue weighted by molar-refractivity contribution is 7.09. The average Bonchev–Trinajstić information content (AvgIpc) is 3.23. The highest BCUT2D eigenvalue weighted by Gasteiger charge is 2.36. The zero-order chi connectivity index (χ0) is 16.4. The van der Waals surface area contributed by atoms with Crippen LogP contribution >= 0.6 is 36.2 Å². The van der Waals surface area contributed by atoms with Crippen molar-refractivity contribution in [1.29, 1.82) is 0 Å². The molecule has 25 heavy (non-hydrogen) atoms. The number of thiazole rings is 1. The molecule has 0 aromatic carbocycles. The van der Waals surface area contributed by atoms with Crippen LogP contribution in [-0.4, -0.2) is 35.4 Å². The van der Waals surface area contributed by atoms with Crippen molar-refractivity contribution in [2.45, 2.75) is 57.8 Å². The number of hydrogen-bond acceptors (Lipinski definition) is 4. The molecule has 0 spiro atoms. The SMILES string of the molecule is CC(C)c1csc(C2CCCN(C(=O)[C@@H]3CCC[C@@H]3CN)C2)n1.Cl.Cl. The van der Waals surface area contributed by atoms with E-state index in [9.17, 15) is 4.79 Å². The molecule has 0 radical (unpaired) electrons. The Balaban J connectivity index is 0.00000156. The van der Waals surface area contributed by atoms with Gasteiger partial charge < -0.3 is 10.6 Å². The van der Waals surface area contributed by atoms with Crippen LogP contribution in [0.5, 0.6) is 0 Å². The number of carbonyl (C=O) groups is 1. The van der Waals surface area contributed by atoms with Gasteiger partial charge in [0.1, 0.15) is 0 Å². The number of nitrogens with two attached hydrogens (primary N) is 1. The molecule has 1 amide bonds. The predicted molar refractivity (Wildman–Crippen MR) is 109 cm³/mol. The number of amides is 1. The maximum absolute atomic E-state index is 12.9. The van der Waals surface area contributed by atoms with Crippen LogP contribution in [0.15, 0.2) is 5.38 Å². The maximum Gasteiger partial charge on any atom is 0.226 e. The van der Waals surface area contributed by atoms with E-state index in [4.69, 9.17) is 10.7 Å². The van der Waals surface area contributed by atoms with Gasteiger partial charge >= 0.3 is 0 Å². The first-order chi connectivity index (χ1) is 11.1. The van der Waals surface area contributed by atoms with Crippen LogP contribution in [0.2, 0.25) is 0 Å². The van der Waals surface area contributed by atoms with Gasteiger partial charge in [-0.2, -0.15) is 0 Å². The van der Waals surface area contributed by atoms with Crippen LogP contribution in [0.25, 0.3) is 0 Å². The first-order valence-corrected chi connectivity index (χ1v) is 9.92. The molecule has 3 rings (SSSR count). The number of carbonyl (C=O) groups excluding carboxylic acids is 1. The van der Waals surface area contributed by atoms with Crippen molar-refractivity contribution in [3.8, 4) is 0 Å². The molecule has 1 saturated heterocycles. The summed E-state index contributed by atoms with van der Waals surface area (Å²) in [6.45, 7) is 6.77. The molecule has 1 saturated carbocycles. The van der Waals surface area contributed by atoms with E-state index in [-0.39, 0.29) is 30.7 Å². The Hall–Kier alpha value is -0.360. The van der Waals surface area contributed by atoms with Gasteiger partial charge in [-0.15, -0.1) is 36.2 Å². The van der Waals surface area contributed by atoms with Gasteiger partial charge in [0.05, 0.1) is 10.7 Å². The number of nitrogens with zero attached hydrogens (tertiary/aromatic N) is 2. The van der Waals surface area contributed by atoms with E-state index in [1.54, 1.807) is 11.3 Å². The summed E-state index contributed by atoms with van der Waals surface area (Å²) >= 11 is 1.77. The minimum atomic E-state index is 0. The highest BCUT2D eigenvalue weighted by Crippen LogP contribution is 2.35. The molecular weight excluding hydrogens is 377 g/mol. The molecule has 1 aromatic heterocycles. The fourth-order valence-electron chi connectivity index (χ4n) is 4.01. The van der Waals surface area contributed by atoms with E-state index in [1.807, 2.05) is 0 Å². The first-order valence-electron chi connectivity index (χ1n) is 9.04. The zero-order valence-electron chi connectivity index (χ0n) is 15.1. The smallest absolute Gasteiger partial charge is 0.226 e. The Morgan fingerprint density at radius 2 is 2.08 bits per heavy atom. The van der Waals surface area contributed by atoms with Crippen molar-refractivity contribution in [3.05, 3.63) is 16.1 Å². The molecule has 1 aliphatic heterocycles. The average molecular weight is 408 g/mol. The molecule has 144 valence electrons. The van der Waals surface area contributed by atoms with Gasteiger partial charge in [-0.3, -0.25) is 4.79 Å². The van der Waals surface area contributed by atoms with E-state index in [0.717, 1.165) is 45.2 Å². The molecule has 2 N–H and O–H groups in total. The quantitative estimate of drug-likeness (QED) is 0.813. The Kier molecular flexibility index (Phi) is 9.16. The molecule has 0 bridgehead atoms. The van der Waals surface area contributed by atoms with E-state index in [2.05, 4.69) is 24.1 Å². The van der Waals surface area contributed by atoms with E-state index in [1.165, 1.54) is 10.7 Å². The Bertz CT molecular complexity index is 552. The fourth-order valence-corrected chi connectivity index (χ4v) is 5.12. The van der Waals surface area contributed by atoms with Crippen LogP contribution in [0, 0.1) is 11.8 Å². The fraction of sp³-hybridized carbons (Fsp3) is 0.778. The highest BCUT2D eigenvalue weighted by atomic mass is 35.5. The summed E-state index contributed by atoms with van der Waals surface area (Å²) in [7, 11) is 0. The van der Waals surface area contributed by atoms with Gasteiger partial charge in [0, 0.05) is 30.3 Å². The third-order valence-corrected chi connectivity index (χ3v) is 6.52. The molecular formula is C18H31Cl2N3OS. The number of likely N-dealkylation sites (tertiary alicyclic amines) is 1. The van der Waals surface area contributed by atoms with Crippen molar-refractivity contribution < 1.29 is 4.79 Å². The summed E-state index contributed by atoms with van der Waals surface area (Å²) in [6, 6.07) is 0. The van der Waals surface area contributed by atoms with Crippen molar-refractivity contribution >= 4 is 42.1 Å².